The van der Waals surface area contributed by atoms with Crippen LogP contribution in [0.3, 0.4) is 0 Å². The normalized spacial score (nSPS) is 21.8. The maximum atomic E-state index is 12.1. The van der Waals surface area contributed by atoms with Gasteiger partial charge in [0.1, 0.15) is 17.6 Å². The molecule has 2 unspecified atom stereocenters. The van der Waals surface area contributed by atoms with E-state index in [9.17, 15) is 19.8 Å². The predicted molar refractivity (Wildman–Crippen MR) is 117 cm³/mol. The fourth-order valence-electron chi connectivity index (χ4n) is 3.76. The number of hydrogen-bond acceptors (Lipinski definition) is 5. The van der Waals surface area contributed by atoms with Crippen molar-refractivity contribution >= 4 is 40.2 Å². The number of rotatable bonds is 4. The molecule has 1 aromatic rings. The average molecular weight is 421 g/mol. The molecular formula is C23H19NO5S. The molecule has 2 aliphatic carbocycles. The summed E-state index contributed by atoms with van der Waals surface area (Å²) in [6, 6.07) is 5.07. The standard InChI is InChI=1S/C23H19NO5S/c1-2-21(30)24-12-3-6-15(18(9-12)23(27)28)22-16-7-4-13(25)10-19(16)29-20-11-14(26)5-8-17(20)22/h3-11,16,19,25H,2H2,1H3,(H,24,30)(H,27,28). The highest BCUT2D eigenvalue weighted by Crippen LogP contribution is 2.45. The highest BCUT2D eigenvalue weighted by molar-refractivity contribution is 7.80. The van der Waals surface area contributed by atoms with Gasteiger partial charge in [0.05, 0.1) is 10.6 Å². The number of hydrogen-bond donors (Lipinski definition) is 3. The van der Waals surface area contributed by atoms with Gasteiger partial charge >= 0.3 is 5.97 Å². The number of aromatic carboxylic acids is 1. The summed E-state index contributed by atoms with van der Waals surface area (Å²) in [5.41, 5.74) is 2.61. The van der Waals surface area contributed by atoms with Crippen molar-refractivity contribution in [3.05, 3.63) is 82.9 Å². The molecular weight excluding hydrogens is 402 g/mol. The van der Waals surface area contributed by atoms with Gasteiger partial charge in [-0.25, -0.2) is 4.79 Å². The van der Waals surface area contributed by atoms with Gasteiger partial charge in [-0.05, 0) is 54.0 Å². The first-order valence-electron chi connectivity index (χ1n) is 9.49. The summed E-state index contributed by atoms with van der Waals surface area (Å²) >= 11 is 5.21. The molecule has 0 amide bonds. The summed E-state index contributed by atoms with van der Waals surface area (Å²) in [5, 5.41) is 22.9. The minimum atomic E-state index is -1.08. The lowest BCUT2D eigenvalue weighted by Gasteiger charge is -2.36. The number of aliphatic hydroxyl groups excluding tert-OH is 1. The number of carboxylic acid groups (broad SMARTS) is 1. The molecule has 0 aromatic heterocycles. The second-order valence-corrected chi connectivity index (χ2v) is 7.59. The zero-order valence-corrected chi connectivity index (χ0v) is 16.9. The Labute approximate surface area is 178 Å². The van der Waals surface area contributed by atoms with E-state index < -0.39 is 12.1 Å². The Hall–Kier alpha value is -3.45. The van der Waals surface area contributed by atoms with Crippen LogP contribution in [0.2, 0.25) is 0 Å². The van der Waals surface area contributed by atoms with Gasteiger partial charge in [-0.2, -0.15) is 0 Å². The van der Waals surface area contributed by atoms with Crippen molar-refractivity contribution in [2.45, 2.75) is 19.4 Å². The Balaban J connectivity index is 1.90. The summed E-state index contributed by atoms with van der Waals surface area (Å²) < 4.78 is 5.94. The number of allylic oxidation sites excluding steroid dienone is 4. The third kappa shape index (κ3) is 3.59. The molecule has 0 saturated heterocycles. The van der Waals surface area contributed by atoms with Crippen LogP contribution in [0.4, 0.5) is 5.69 Å². The van der Waals surface area contributed by atoms with Crippen LogP contribution < -0.4 is 5.32 Å². The minimum Gasteiger partial charge on any atom is -0.508 e. The van der Waals surface area contributed by atoms with Gasteiger partial charge in [0, 0.05) is 23.3 Å². The SMILES string of the molecule is CCC(=S)Nc1ccc(C2=C3C=CC(=O)C=C3OC3C=C(O)C=CC23)c(C(=O)O)c1. The molecule has 30 heavy (non-hydrogen) atoms. The maximum absolute atomic E-state index is 12.1. The van der Waals surface area contributed by atoms with E-state index in [1.54, 1.807) is 42.5 Å². The number of carbonyl (C=O) groups excluding carboxylic acids is 1. The van der Waals surface area contributed by atoms with Gasteiger partial charge < -0.3 is 20.3 Å². The number of benzene rings is 1. The van der Waals surface area contributed by atoms with Crippen LogP contribution in [0, 0.1) is 5.92 Å². The van der Waals surface area contributed by atoms with Crippen LogP contribution in [0.5, 0.6) is 0 Å². The Morgan fingerprint density at radius 1 is 1.27 bits per heavy atom. The first kappa shape index (κ1) is 19.8. The molecule has 0 bridgehead atoms. The molecule has 2 atom stereocenters. The van der Waals surface area contributed by atoms with Gasteiger partial charge in [-0.1, -0.05) is 31.3 Å². The quantitative estimate of drug-likeness (QED) is 0.623. The summed E-state index contributed by atoms with van der Waals surface area (Å²) in [4.78, 5) is 24.6. The molecule has 4 rings (SSSR count). The summed E-state index contributed by atoms with van der Waals surface area (Å²) in [5.74, 6) is -1.18. The molecule has 3 aliphatic rings. The fourth-order valence-corrected chi connectivity index (χ4v) is 3.88. The molecule has 7 heteroatoms. The third-order valence-electron chi connectivity index (χ3n) is 5.15. The van der Waals surface area contributed by atoms with E-state index >= 15 is 0 Å². The molecule has 6 nitrogen and oxygen atoms in total. The van der Waals surface area contributed by atoms with Crippen molar-refractivity contribution in [2.75, 3.05) is 5.32 Å². The van der Waals surface area contributed by atoms with Gasteiger partial charge in [-0.3, -0.25) is 4.79 Å². The van der Waals surface area contributed by atoms with Crippen LogP contribution in [-0.2, 0) is 9.53 Å². The van der Waals surface area contributed by atoms with Crippen LogP contribution in [-0.4, -0.2) is 33.1 Å². The summed E-state index contributed by atoms with van der Waals surface area (Å²) in [6.07, 6.45) is 9.46. The molecule has 0 fully saturated rings. The van der Waals surface area contributed by atoms with Crippen molar-refractivity contribution < 1.29 is 24.5 Å². The largest absolute Gasteiger partial charge is 0.508 e. The van der Waals surface area contributed by atoms with Gasteiger partial charge in [0.25, 0.3) is 0 Å². The van der Waals surface area contributed by atoms with E-state index in [2.05, 4.69) is 5.32 Å². The van der Waals surface area contributed by atoms with Crippen molar-refractivity contribution in [1.82, 2.24) is 0 Å². The predicted octanol–water partition coefficient (Wildman–Crippen LogP) is 4.34. The molecule has 1 aliphatic heterocycles. The van der Waals surface area contributed by atoms with Crippen molar-refractivity contribution in [1.29, 1.82) is 0 Å². The van der Waals surface area contributed by atoms with E-state index in [1.165, 1.54) is 12.2 Å². The number of anilines is 1. The van der Waals surface area contributed by atoms with E-state index in [-0.39, 0.29) is 23.0 Å². The molecule has 0 radical (unpaired) electrons. The first-order chi connectivity index (χ1) is 14.4. The number of aliphatic hydroxyl groups is 1. The first-order valence-corrected chi connectivity index (χ1v) is 9.89. The summed E-state index contributed by atoms with van der Waals surface area (Å²) in [6.45, 7) is 1.92. The monoisotopic (exact) mass is 421 g/mol. The molecule has 3 N–H and O–H groups in total. The molecule has 0 saturated carbocycles. The van der Waals surface area contributed by atoms with E-state index in [1.807, 2.05) is 6.92 Å². The van der Waals surface area contributed by atoms with Crippen molar-refractivity contribution in [3.63, 3.8) is 0 Å². The second-order valence-electron chi connectivity index (χ2n) is 7.10. The number of nitrogens with one attached hydrogen (secondary N) is 1. The fraction of sp³-hybridized carbons (Fsp3) is 0.174. The van der Waals surface area contributed by atoms with Gasteiger partial charge in [0.2, 0.25) is 0 Å². The average Bonchev–Trinajstić information content (AvgIpc) is 2.71. The topological polar surface area (TPSA) is 95.9 Å². The lowest BCUT2D eigenvalue weighted by atomic mass is 9.77. The highest BCUT2D eigenvalue weighted by atomic mass is 32.1. The highest BCUT2D eigenvalue weighted by Gasteiger charge is 2.37. The van der Waals surface area contributed by atoms with E-state index in [0.29, 0.717) is 34.0 Å². The van der Waals surface area contributed by atoms with E-state index in [0.717, 1.165) is 5.57 Å². The molecule has 0 spiro atoms. The Kier molecular flexibility index (Phi) is 5.13. The smallest absolute Gasteiger partial charge is 0.336 e. The van der Waals surface area contributed by atoms with Gasteiger partial charge in [0.15, 0.2) is 5.78 Å². The van der Waals surface area contributed by atoms with Crippen LogP contribution in [0.25, 0.3) is 5.57 Å². The lowest BCUT2D eigenvalue weighted by molar-refractivity contribution is -0.110. The van der Waals surface area contributed by atoms with Crippen LogP contribution >= 0.6 is 12.2 Å². The van der Waals surface area contributed by atoms with Crippen LogP contribution in [0.1, 0.15) is 29.3 Å². The van der Waals surface area contributed by atoms with Crippen LogP contribution in [0.15, 0.2) is 71.7 Å². The number of ketones is 1. The number of fused-ring (bicyclic) bond motifs is 2. The lowest BCUT2D eigenvalue weighted by Crippen LogP contribution is -2.31. The second kappa shape index (κ2) is 7.76. The van der Waals surface area contributed by atoms with Crippen molar-refractivity contribution in [2.24, 2.45) is 5.92 Å². The molecule has 152 valence electrons. The Morgan fingerprint density at radius 2 is 2.07 bits per heavy atom. The number of ether oxygens (including phenoxy) is 1. The summed E-state index contributed by atoms with van der Waals surface area (Å²) in [7, 11) is 0. The zero-order valence-electron chi connectivity index (χ0n) is 16.1. The van der Waals surface area contributed by atoms with Gasteiger partial charge in [-0.15, -0.1) is 0 Å². The third-order valence-corrected chi connectivity index (χ3v) is 5.54. The number of carbonyl (C=O) groups is 2. The zero-order chi connectivity index (χ0) is 21.4. The number of carboxylic acids is 1. The Bertz CT molecular complexity index is 1120. The maximum Gasteiger partial charge on any atom is 0.336 e. The van der Waals surface area contributed by atoms with E-state index in [4.69, 9.17) is 17.0 Å². The molecule has 1 heterocycles. The minimum absolute atomic E-state index is 0.0587. The Morgan fingerprint density at radius 3 is 2.80 bits per heavy atom. The van der Waals surface area contributed by atoms with Crippen molar-refractivity contribution in [3.8, 4) is 0 Å². The number of thiocarbonyl (C=S) groups is 1. The molecule has 1 aromatic carbocycles.